The molecule has 0 N–H and O–H groups in total. The summed E-state index contributed by atoms with van der Waals surface area (Å²) in [4.78, 5) is 0.872. The van der Waals surface area contributed by atoms with Crippen LogP contribution in [0.1, 0.15) is 32.1 Å². The summed E-state index contributed by atoms with van der Waals surface area (Å²) in [5, 5.41) is 0. The van der Waals surface area contributed by atoms with Crippen LogP contribution in [0.3, 0.4) is 0 Å². The minimum absolute atomic E-state index is 0.872. The fourth-order valence-corrected chi connectivity index (χ4v) is 3.08. The molecule has 0 aliphatic heterocycles. The van der Waals surface area contributed by atoms with Gasteiger partial charge in [0.1, 0.15) is 0 Å². The first-order valence-electron chi connectivity index (χ1n) is 4.00. The molecule has 0 nitrogen and oxygen atoms in total. The van der Waals surface area contributed by atoms with Crippen molar-refractivity contribution in [2.75, 3.05) is 0 Å². The Balaban J connectivity index is 2.05. The zero-order chi connectivity index (χ0) is 6.27. The summed E-state index contributed by atoms with van der Waals surface area (Å²) in [6.45, 7) is 0. The molecule has 0 spiro atoms. The van der Waals surface area contributed by atoms with E-state index in [0.717, 1.165) is 16.7 Å². The molecule has 0 saturated heterocycles. The molecule has 52 valence electrons. The van der Waals surface area contributed by atoms with Crippen molar-refractivity contribution in [3.63, 3.8) is 0 Å². The first-order valence-corrected chi connectivity index (χ1v) is 4.92. The van der Waals surface area contributed by atoms with Crippen molar-refractivity contribution >= 4 is 15.9 Å². The zero-order valence-corrected chi connectivity index (χ0v) is 7.23. The molecule has 2 saturated carbocycles. The van der Waals surface area contributed by atoms with Crippen LogP contribution >= 0.6 is 15.9 Å². The van der Waals surface area contributed by atoms with Crippen LogP contribution in [-0.2, 0) is 0 Å². The van der Waals surface area contributed by atoms with Gasteiger partial charge in [-0.25, -0.2) is 0 Å². The van der Waals surface area contributed by atoms with Crippen molar-refractivity contribution in [2.45, 2.75) is 36.9 Å². The van der Waals surface area contributed by atoms with Crippen LogP contribution in [-0.4, -0.2) is 4.83 Å². The molecule has 1 heteroatoms. The van der Waals surface area contributed by atoms with Gasteiger partial charge in [0.15, 0.2) is 0 Å². The molecule has 0 aromatic rings. The third-order valence-corrected chi connectivity index (χ3v) is 4.15. The highest BCUT2D eigenvalue weighted by Crippen LogP contribution is 2.44. The van der Waals surface area contributed by atoms with Gasteiger partial charge in [0, 0.05) is 4.83 Å². The topological polar surface area (TPSA) is 0 Å². The largest absolute Gasteiger partial charge is 0.0888 e. The Kier molecular flexibility index (Phi) is 1.56. The quantitative estimate of drug-likeness (QED) is 0.514. The number of halogens is 1. The van der Waals surface area contributed by atoms with E-state index in [0.29, 0.717) is 0 Å². The summed E-state index contributed by atoms with van der Waals surface area (Å²) in [5.74, 6) is 2.16. The summed E-state index contributed by atoms with van der Waals surface area (Å²) in [7, 11) is 0. The molecule has 0 amide bonds. The standard InChI is InChI=1S/C8H13Br/c9-8-4-2-6-1-3-7(8)5-6/h6-8H,1-5H2/t6-,7-,8-/m0/s1. The van der Waals surface area contributed by atoms with E-state index < -0.39 is 0 Å². The van der Waals surface area contributed by atoms with Gasteiger partial charge in [-0.05, 0) is 37.5 Å². The highest BCUT2D eigenvalue weighted by Gasteiger charge is 2.33. The van der Waals surface area contributed by atoms with Gasteiger partial charge in [-0.1, -0.05) is 22.4 Å². The highest BCUT2D eigenvalue weighted by atomic mass is 79.9. The summed E-state index contributed by atoms with van der Waals surface area (Å²) >= 11 is 3.74. The van der Waals surface area contributed by atoms with Gasteiger partial charge in [0.2, 0.25) is 0 Å². The van der Waals surface area contributed by atoms with Gasteiger partial charge >= 0.3 is 0 Å². The molecule has 2 aliphatic rings. The van der Waals surface area contributed by atoms with Gasteiger partial charge < -0.3 is 0 Å². The summed E-state index contributed by atoms with van der Waals surface area (Å²) in [6.07, 6.45) is 7.48. The predicted octanol–water partition coefficient (Wildman–Crippen LogP) is 2.96. The lowest BCUT2D eigenvalue weighted by Crippen LogP contribution is -2.16. The molecular formula is C8H13Br. The second kappa shape index (κ2) is 2.26. The molecule has 9 heavy (non-hydrogen) atoms. The lowest BCUT2D eigenvalue weighted by Gasteiger charge is -2.23. The van der Waals surface area contributed by atoms with Crippen molar-refractivity contribution in [3.8, 4) is 0 Å². The second-order valence-corrected chi connectivity index (χ2v) is 4.71. The van der Waals surface area contributed by atoms with Crippen LogP contribution in [0.25, 0.3) is 0 Å². The van der Waals surface area contributed by atoms with Gasteiger partial charge in [0.05, 0.1) is 0 Å². The molecule has 2 fully saturated rings. The molecule has 0 aromatic heterocycles. The molecule has 0 unspecified atom stereocenters. The first-order chi connectivity index (χ1) is 4.36. The van der Waals surface area contributed by atoms with Gasteiger partial charge in [-0.15, -0.1) is 0 Å². The third kappa shape index (κ3) is 1.04. The lowest BCUT2D eigenvalue weighted by atomic mass is 9.89. The molecule has 2 aliphatic carbocycles. The fraction of sp³-hybridized carbons (Fsp3) is 1.00. The zero-order valence-electron chi connectivity index (χ0n) is 5.65. The van der Waals surface area contributed by atoms with Crippen LogP contribution in [0, 0.1) is 11.8 Å². The molecule has 0 heterocycles. The monoisotopic (exact) mass is 188 g/mol. The maximum atomic E-state index is 3.74. The molecule has 3 atom stereocenters. The number of rotatable bonds is 0. The third-order valence-electron chi connectivity index (χ3n) is 2.94. The minimum atomic E-state index is 0.872. The average Bonchev–Trinajstić information content (AvgIpc) is 2.25. The second-order valence-electron chi connectivity index (χ2n) is 3.53. The summed E-state index contributed by atoms with van der Waals surface area (Å²) in [5.41, 5.74) is 0. The summed E-state index contributed by atoms with van der Waals surface area (Å²) < 4.78 is 0. The fourth-order valence-electron chi connectivity index (χ4n) is 2.33. The van der Waals surface area contributed by atoms with E-state index in [1.165, 1.54) is 32.1 Å². The van der Waals surface area contributed by atoms with Crippen molar-refractivity contribution in [1.82, 2.24) is 0 Å². The van der Waals surface area contributed by atoms with Crippen LogP contribution in [0.4, 0.5) is 0 Å². The Morgan fingerprint density at radius 2 is 1.78 bits per heavy atom. The molecule has 0 aromatic carbocycles. The van der Waals surface area contributed by atoms with E-state index in [-0.39, 0.29) is 0 Å². The SMILES string of the molecule is Br[C@H]1CC[C@@H]2CC[C@H]1C2. The smallest absolute Gasteiger partial charge is 0.0174 e. The number of hydrogen-bond donors (Lipinski definition) is 0. The molecular weight excluding hydrogens is 176 g/mol. The highest BCUT2D eigenvalue weighted by molar-refractivity contribution is 9.09. The van der Waals surface area contributed by atoms with Crippen molar-refractivity contribution in [3.05, 3.63) is 0 Å². The van der Waals surface area contributed by atoms with E-state index in [2.05, 4.69) is 15.9 Å². The Morgan fingerprint density at radius 1 is 1.00 bits per heavy atom. The van der Waals surface area contributed by atoms with E-state index in [4.69, 9.17) is 0 Å². The molecule has 2 bridgehead atoms. The van der Waals surface area contributed by atoms with Crippen LogP contribution in [0.2, 0.25) is 0 Å². The number of alkyl halides is 1. The van der Waals surface area contributed by atoms with E-state index in [1.807, 2.05) is 0 Å². The van der Waals surface area contributed by atoms with E-state index in [1.54, 1.807) is 0 Å². The minimum Gasteiger partial charge on any atom is -0.0888 e. The first kappa shape index (κ1) is 6.21. The van der Waals surface area contributed by atoms with Crippen LogP contribution in [0.15, 0.2) is 0 Å². The predicted molar refractivity (Wildman–Crippen MR) is 42.8 cm³/mol. The van der Waals surface area contributed by atoms with Gasteiger partial charge in [-0.2, -0.15) is 0 Å². The summed E-state index contributed by atoms with van der Waals surface area (Å²) in [6, 6.07) is 0. The van der Waals surface area contributed by atoms with Crippen molar-refractivity contribution in [1.29, 1.82) is 0 Å². The van der Waals surface area contributed by atoms with Crippen molar-refractivity contribution < 1.29 is 0 Å². The normalized spacial score (nSPS) is 49.7. The Labute approximate surface area is 65.1 Å². The van der Waals surface area contributed by atoms with E-state index >= 15 is 0 Å². The number of hydrogen-bond acceptors (Lipinski definition) is 0. The van der Waals surface area contributed by atoms with Crippen LogP contribution < -0.4 is 0 Å². The number of fused-ring (bicyclic) bond motifs is 2. The molecule has 2 rings (SSSR count). The van der Waals surface area contributed by atoms with Crippen LogP contribution in [0.5, 0.6) is 0 Å². The Morgan fingerprint density at radius 3 is 2.56 bits per heavy atom. The Bertz CT molecular complexity index is 111. The maximum Gasteiger partial charge on any atom is 0.0174 e. The van der Waals surface area contributed by atoms with Gasteiger partial charge in [-0.3, -0.25) is 0 Å². The molecule has 0 radical (unpaired) electrons. The average molecular weight is 189 g/mol. The lowest BCUT2D eigenvalue weighted by molar-refractivity contribution is 0.373. The van der Waals surface area contributed by atoms with E-state index in [9.17, 15) is 0 Å². The Hall–Kier alpha value is 0.480. The van der Waals surface area contributed by atoms with Gasteiger partial charge in [0.25, 0.3) is 0 Å². The van der Waals surface area contributed by atoms with Crippen molar-refractivity contribution in [2.24, 2.45) is 11.8 Å². The maximum absolute atomic E-state index is 3.74.